The molecule has 0 saturated carbocycles. The van der Waals surface area contributed by atoms with Crippen molar-refractivity contribution in [1.29, 1.82) is 0 Å². The molecular formula is C23H26N2O3. The topological polar surface area (TPSA) is 66.7 Å². The smallest absolute Gasteiger partial charge is 0.174 e. The molecule has 5 heteroatoms. The van der Waals surface area contributed by atoms with Crippen LogP contribution in [0.2, 0.25) is 0 Å². The van der Waals surface area contributed by atoms with Gasteiger partial charge in [0.25, 0.3) is 0 Å². The summed E-state index contributed by atoms with van der Waals surface area (Å²) >= 11 is 0. The Bertz CT molecular complexity index is 1150. The van der Waals surface area contributed by atoms with Crippen LogP contribution < -0.4 is 5.32 Å². The largest absolute Gasteiger partial charge is 0.394 e. The number of aryl methyl sites for hydroxylation is 1. The Labute approximate surface area is 164 Å². The normalized spacial score (nSPS) is 15.3. The van der Waals surface area contributed by atoms with E-state index in [2.05, 4.69) is 71.5 Å². The van der Waals surface area contributed by atoms with Gasteiger partial charge in [-0.3, -0.25) is 0 Å². The standard InChI is InChI=1S/C23H26N2O3/c1-23(14-26,22(27)28-3)24-13-15-8-10-19-18(12-15)21-17-7-5-4-6-16(17)9-11-20(21)25(19)2/h4-12,22,24,26-27H,13-14H2,1-3H3. The van der Waals surface area contributed by atoms with Crippen LogP contribution in [0, 0.1) is 0 Å². The fourth-order valence-electron chi connectivity index (χ4n) is 3.92. The van der Waals surface area contributed by atoms with Gasteiger partial charge in [0.05, 0.1) is 12.1 Å². The Morgan fingerprint density at radius 3 is 2.57 bits per heavy atom. The van der Waals surface area contributed by atoms with Crippen LogP contribution in [0.3, 0.4) is 0 Å². The molecule has 4 rings (SSSR count). The maximum absolute atomic E-state index is 10.0. The summed E-state index contributed by atoms with van der Waals surface area (Å²) in [4.78, 5) is 0. The van der Waals surface area contributed by atoms with E-state index in [1.807, 2.05) is 0 Å². The minimum atomic E-state index is -1.09. The number of benzene rings is 3. The maximum atomic E-state index is 10.0. The van der Waals surface area contributed by atoms with E-state index in [4.69, 9.17) is 4.74 Å². The van der Waals surface area contributed by atoms with Gasteiger partial charge in [0, 0.05) is 42.5 Å². The highest BCUT2D eigenvalue weighted by molar-refractivity contribution is 6.20. The van der Waals surface area contributed by atoms with Crippen LogP contribution in [-0.2, 0) is 18.3 Å². The van der Waals surface area contributed by atoms with E-state index in [-0.39, 0.29) is 6.61 Å². The van der Waals surface area contributed by atoms with Gasteiger partial charge in [-0.25, -0.2) is 0 Å². The molecule has 5 nitrogen and oxygen atoms in total. The van der Waals surface area contributed by atoms with Gasteiger partial charge in [0.2, 0.25) is 0 Å². The minimum Gasteiger partial charge on any atom is -0.394 e. The van der Waals surface area contributed by atoms with Crippen molar-refractivity contribution in [3.63, 3.8) is 0 Å². The lowest BCUT2D eigenvalue weighted by atomic mass is 10.0. The lowest BCUT2D eigenvalue weighted by Crippen LogP contribution is -2.55. The Balaban J connectivity index is 1.80. The van der Waals surface area contributed by atoms with Crippen LogP contribution in [0.5, 0.6) is 0 Å². The van der Waals surface area contributed by atoms with Crippen molar-refractivity contribution in [2.45, 2.75) is 25.3 Å². The molecule has 0 aliphatic heterocycles. The van der Waals surface area contributed by atoms with Crippen molar-refractivity contribution >= 4 is 32.6 Å². The van der Waals surface area contributed by atoms with Gasteiger partial charge in [0.1, 0.15) is 0 Å². The second-order valence-corrected chi connectivity index (χ2v) is 7.61. The average Bonchev–Trinajstić information content (AvgIpc) is 3.03. The van der Waals surface area contributed by atoms with Crippen molar-refractivity contribution in [1.82, 2.24) is 9.88 Å². The zero-order valence-electron chi connectivity index (χ0n) is 16.4. The number of methoxy groups -OCH3 is 1. The second-order valence-electron chi connectivity index (χ2n) is 7.61. The van der Waals surface area contributed by atoms with E-state index in [1.54, 1.807) is 6.92 Å². The number of nitrogens with one attached hydrogen (secondary N) is 1. The molecular weight excluding hydrogens is 352 g/mol. The molecule has 0 bridgehead atoms. The van der Waals surface area contributed by atoms with Crippen LogP contribution in [-0.4, -0.2) is 40.3 Å². The number of nitrogens with zero attached hydrogens (tertiary/aromatic N) is 1. The molecule has 1 aromatic heterocycles. The molecule has 4 aromatic rings. The van der Waals surface area contributed by atoms with E-state index in [9.17, 15) is 10.2 Å². The molecule has 0 aliphatic carbocycles. The molecule has 28 heavy (non-hydrogen) atoms. The molecule has 1 heterocycles. The first-order chi connectivity index (χ1) is 13.5. The summed E-state index contributed by atoms with van der Waals surface area (Å²) in [6.45, 7) is 2.02. The Hall–Kier alpha value is -2.44. The molecule has 3 N–H and O–H groups in total. The average molecular weight is 378 g/mol. The fourth-order valence-corrected chi connectivity index (χ4v) is 3.92. The highest BCUT2D eigenvalue weighted by Gasteiger charge is 2.32. The predicted octanol–water partition coefficient (Wildman–Crippen LogP) is 3.29. The third kappa shape index (κ3) is 2.97. The number of aliphatic hydroxyl groups excluding tert-OH is 2. The Morgan fingerprint density at radius 1 is 1.07 bits per heavy atom. The van der Waals surface area contributed by atoms with E-state index in [1.165, 1.54) is 39.7 Å². The second kappa shape index (κ2) is 7.18. The number of rotatable bonds is 6. The van der Waals surface area contributed by atoms with Crippen LogP contribution >= 0.6 is 0 Å². The molecule has 0 saturated heterocycles. The van der Waals surface area contributed by atoms with Gasteiger partial charge in [-0.05, 0) is 41.5 Å². The van der Waals surface area contributed by atoms with Gasteiger partial charge < -0.3 is 24.8 Å². The zero-order chi connectivity index (χ0) is 19.9. The van der Waals surface area contributed by atoms with Crippen molar-refractivity contribution in [2.75, 3.05) is 13.7 Å². The summed E-state index contributed by atoms with van der Waals surface area (Å²) in [5, 5.41) is 27.9. The first-order valence-electron chi connectivity index (χ1n) is 9.44. The van der Waals surface area contributed by atoms with E-state index in [0.29, 0.717) is 6.54 Å². The number of aliphatic hydroxyl groups is 2. The summed E-state index contributed by atoms with van der Waals surface area (Å²) in [6, 6.07) is 19.2. The Morgan fingerprint density at radius 2 is 1.82 bits per heavy atom. The highest BCUT2D eigenvalue weighted by Crippen LogP contribution is 2.34. The molecule has 146 valence electrons. The Kier molecular flexibility index (Phi) is 4.85. The van der Waals surface area contributed by atoms with E-state index >= 15 is 0 Å². The van der Waals surface area contributed by atoms with Gasteiger partial charge in [-0.15, -0.1) is 0 Å². The number of aromatic nitrogens is 1. The number of hydrogen-bond acceptors (Lipinski definition) is 4. The first kappa shape index (κ1) is 18.9. The zero-order valence-corrected chi connectivity index (χ0v) is 16.4. The molecule has 2 unspecified atom stereocenters. The SMILES string of the molecule is COC(O)C(C)(CO)NCc1ccc2c(c1)c1c3ccccc3ccc1n2C. The van der Waals surface area contributed by atoms with Gasteiger partial charge in [0.15, 0.2) is 6.29 Å². The number of ether oxygens (including phenoxy) is 1. The predicted molar refractivity (Wildman–Crippen MR) is 113 cm³/mol. The monoisotopic (exact) mass is 378 g/mol. The maximum Gasteiger partial charge on any atom is 0.174 e. The minimum absolute atomic E-state index is 0.233. The number of fused-ring (bicyclic) bond motifs is 5. The van der Waals surface area contributed by atoms with E-state index in [0.717, 1.165) is 5.56 Å². The molecule has 3 aromatic carbocycles. The molecule has 0 radical (unpaired) electrons. The molecule has 2 atom stereocenters. The summed E-state index contributed by atoms with van der Waals surface area (Å²) in [5.74, 6) is 0. The van der Waals surface area contributed by atoms with Crippen LogP contribution in [0.25, 0.3) is 32.6 Å². The van der Waals surface area contributed by atoms with Crippen molar-refractivity contribution in [3.8, 4) is 0 Å². The van der Waals surface area contributed by atoms with Gasteiger partial charge in [-0.2, -0.15) is 0 Å². The van der Waals surface area contributed by atoms with Crippen LogP contribution in [0.1, 0.15) is 12.5 Å². The highest BCUT2D eigenvalue weighted by atomic mass is 16.6. The summed E-state index contributed by atoms with van der Waals surface area (Å²) < 4.78 is 7.23. The van der Waals surface area contributed by atoms with Crippen LogP contribution in [0.4, 0.5) is 0 Å². The van der Waals surface area contributed by atoms with Crippen LogP contribution in [0.15, 0.2) is 54.6 Å². The summed E-state index contributed by atoms with van der Waals surface area (Å²) in [7, 11) is 3.52. The van der Waals surface area contributed by atoms with Gasteiger partial charge >= 0.3 is 0 Å². The lowest BCUT2D eigenvalue weighted by Gasteiger charge is -2.32. The van der Waals surface area contributed by atoms with Crippen molar-refractivity contribution in [2.24, 2.45) is 7.05 Å². The van der Waals surface area contributed by atoms with Crippen molar-refractivity contribution in [3.05, 3.63) is 60.2 Å². The molecule has 0 fully saturated rings. The lowest BCUT2D eigenvalue weighted by molar-refractivity contribution is -0.140. The van der Waals surface area contributed by atoms with Gasteiger partial charge in [-0.1, -0.05) is 36.4 Å². The molecule has 0 aliphatic rings. The first-order valence-corrected chi connectivity index (χ1v) is 9.44. The van der Waals surface area contributed by atoms with E-state index < -0.39 is 11.8 Å². The summed E-state index contributed by atoms with van der Waals surface area (Å²) in [6.07, 6.45) is -1.09. The number of hydrogen-bond donors (Lipinski definition) is 3. The fraction of sp³-hybridized carbons (Fsp3) is 0.304. The molecule has 0 amide bonds. The third-order valence-electron chi connectivity index (χ3n) is 5.75. The molecule has 0 spiro atoms. The summed E-state index contributed by atoms with van der Waals surface area (Å²) in [5.41, 5.74) is 2.52. The third-order valence-corrected chi connectivity index (χ3v) is 5.75. The quantitative estimate of drug-likeness (QED) is 0.451. The van der Waals surface area contributed by atoms with Crippen molar-refractivity contribution < 1.29 is 14.9 Å².